The maximum absolute atomic E-state index is 11.5. The molecule has 1 fully saturated rings. The van der Waals surface area contributed by atoms with Crippen molar-refractivity contribution in [1.82, 2.24) is 0 Å². The zero-order valence-electron chi connectivity index (χ0n) is 8.29. The highest BCUT2D eigenvalue weighted by Gasteiger charge is 2.31. The smallest absolute Gasteiger partial charge is 0.294 e. The number of ketones is 1. The van der Waals surface area contributed by atoms with Gasteiger partial charge >= 0.3 is 0 Å². The molecule has 0 radical (unpaired) electrons. The Morgan fingerprint density at radius 1 is 1.33 bits per heavy atom. The fourth-order valence-corrected chi connectivity index (χ4v) is 1.87. The number of hydrogen-bond donors (Lipinski definition) is 0. The summed E-state index contributed by atoms with van der Waals surface area (Å²) in [6.07, 6.45) is 0.281. The zero-order chi connectivity index (χ0) is 11.0. The highest BCUT2D eigenvalue weighted by molar-refractivity contribution is 6.45. The van der Waals surface area contributed by atoms with Crippen molar-refractivity contribution in [3.63, 3.8) is 0 Å². The number of anilines is 1. The summed E-state index contributed by atoms with van der Waals surface area (Å²) in [5.41, 5.74) is 1.54. The van der Waals surface area contributed by atoms with Gasteiger partial charge < -0.3 is 4.90 Å². The van der Waals surface area contributed by atoms with Gasteiger partial charge in [0.2, 0.25) is 5.78 Å². The number of halogens is 1. The maximum Gasteiger partial charge on any atom is 0.294 e. The van der Waals surface area contributed by atoms with Gasteiger partial charge in [0.25, 0.3) is 5.91 Å². The van der Waals surface area contributed by atoms with Crippen LogP contribution in [0.2, 0.25) is 5.02 Å². The maximum atomic E-state index is 11.5. The van der Waals surface area contributed by atoms with Gasteiger partial charge in [0.15, 0.2) is 0 Å². The minimum Gasteiger partial charge on any atom is -0.304 e. The lowest BCUT2D eigenvalue weighted by molar-refractivity contribution is -0.133. The van der Waals surface area contributed by atoms with Crippen LogP contribution in [0.1, 0.15) is 12.0 Å². The summed E-state index contributed by atoms with van der Waals surface area (Å²) in [5, 5.41) is 0.542. The SMILES string of the molecule is Cc1cccc(N2CCC(=O)C2=O)c1Cl. The van der Waals surface area contributed by atoms with E-state index >= 15 is 0 Å². The Balaban J connectivity index is 2.43. The summed E-state index contributed by atoms with van der Waals surface area (Å²) >= 11 is 6.08. The molecule has 1 aliphatic rings. The highest BCUT2D eigenvalue weighted by Crippen LogP contribution is 2.30. The molecular weight excluding hydrogens is 214 g/mol. The van der Waals surface area contributed by atoms with Crippen LogP contribution in [0.5, 0.6) is 0 Å². The topological polar surface area (TPSA) is 37.4 Å². The lowest BCUT2D eigenvalue weighted by Crippen LogP contribution is -2.27. The molecule has 0 bridgehead atoms. The van der Waals surface area contributed by atoms with E-state index in [0.717, 1.165) is 5.56 Å². The van der Waals surface area contributed by atoms with Crippen LogP contribution in [0.25, 0.3) is 0 Å². The van der Waals surface area contributed by atoms with Crippen molar-refractivity contribution in [1.29, 1.82) is 0 Å². The minimum absolute atomic E-state index is 0.281. The molecule has 0 saturated carbocycles. The summed E-state index contributed by atoms with van der Waals surface area (Å²) in [4.78, 5) is 24.0. The van der Waals surface area contributed by atoms with E-state index in [0.29, 0.717) is 17.3 Å². The van der Waals surface area contributed by atoms with E-state index < -0.39 is 5.91 Å². The van der Waals surface area contributed by atoms with E-state index in [1.54, 1.807) is 6.07 Å². The normalized spacial score (nSPS) is 16.3. The number of aryl methyl sites for hydroxylation is 1. The molecule has 1 aromatic carbocycles. The van der Waals surface area contributed by atoms with Gasteiger partial charge in [-0.2, -0.15) is 0 Å². The number of nitrogens with zero attached hydrogens (tertiary/aromatic N) is 1. The quantitative estimate of drug-likeness (QED) is 0.683. The lowest BCUT2D eigenvalue weighted by atomic mass is 10.2. The number of carbonyl (C=O) groups is 2. The predicted molar refractivity (Wildman–Crippen MR) is 58.2 cm³/mol. The van der Waals surface area contributed by atoms with Gasteiger partial charge in [0.05, 0.1) is 10.7 Å². The van der Waals surface area contributed by atoms with E-state index in [1.165, 1.54) is 4.90 Å². The van der Waals surface area contributed by atoms with Crippen LogP contribution in [0.4, 0.5) is 5.69 Å². The largest absolute Gasteiger partial charge is 0.304 e. The fourth-order valence-electron chi connectivity index (χ4n) is 1.64. The summed E-state index contributed by atoms with van der Waals surface area (Å²) in [6, 6.07) is 5.45. The third-order valence-electron chi connectivity index (χ3n) is 2.51. The highest BCUT2D eigenvalue weighted by atomic mass is 35.5. The number of hydrogen-bond acceptors (Lipinski definition) is 2. The van der Waals surface area contributed by atoms with Crippen LogP contribution in [0.15, 0.2) is 18.2 Å². The minimum atomic E-state index is -0.456. The van der Waals surface area contributed by atoms with Crippen molar-refractivity contribution in [2.75, 3.05) is 11.4 Å². The number of rotatable bonds is 1. The van der Waals surface area contributed by atoms with Gasteiger partial charge in [0, 0.05) is 13.0 Å². The first-order valence-corrected chi connectivity index (χ1v) is 5.09. The third kappa shape index (κ3) is 1.63. The van der Waals surface area contributed by atoms with Gasteiger partial charge in [-0.3, -0.25) is 9.59 Å². The Morgan fingerprint density at radius 3 is 2.67 bits per heavy atom. The van der Waals surface area contributed by atoms with Crippen LogP contribution >= 0.6 is 11.6 Å². The Kier molecular flexibility index (Phi) is 2.49. The molecule has 78 valence electrons. The zero-order valence-corrected chi connectivity index (χ0v) is 9.04. The first-order chi connectivity index (χ1) is 7.11. The van der Waals surface area contributed by atoms with Crippen LogP contribution in [-0.2, 0) is 9.59 Å². The van der Waals surface area contributed by atoms with Crippen LogP contribution < -0.4 is 4.90 Å². The molecule has 1 heterocycles. The molecule has 0 spiro atoms. The Labute approximate surface area is 92.6 Å². The first-order valence-electron chi connectivity index (χ1n) is 4.71. The van der Waals surface area contributed by atoms with E-state index in [2.05, 4.69) is 0 Å². The molecular formula is C11H10ClNO2. The van der Waals surface area contributed by atoms with Crippen molar-refractivity contribution >= 4 is 29.0 Å². The number of benzene rings is 1. The average molecular weight is 224 g/mol. The molecule has 1 aromatic rings. The molecule has 0 aliphatic carbocycles. The number of Topliss-reactive ketones (excluding diaryl/α,β-unsaturated/α-hetero) is 1. The third-order valence-corrected chi connectivity index (χ3v) is 3.00. The van der Waals surface area contributed by atoms with Crippen molar-refractivity contribution in [3.05, 3.63) is 28.8 Å². The standard InChI is InChI=1S/C11H10ClNO2/c1-7-3-2-4-8(10(7)12)13-6-5-9(14)11(13)15/h2-4H,5-6H2,1H3. The van der Waals surface area contributed by atoms with Gasteiger partial charge in [-0.15, -0.1) is 0 Å². The molecule has 0 aromatic heterocycles. The molecule has 0 atom stereocenters. The van der Waals surface area contributed by atoms with Crippen molar-refractivity contribution in [2.24, 2.45) is 0 Å². The summed E-state index contributed by atoms with van der Waals surface area (Å²) < 4.78 is 0. The summed E-state index contributed by atoms with van der Waals surface area (Å²) in [5.74, 6) is -0.796. The number of carbonyl (C=O) groups excluding carboxylic acids is 2. The van der Waals surface area contributed by atoms with E-state index in [9.17, 15) is 9.59 Å². The lowest BCUT2D eigenvalue weighted by Gasteiger charge is -2.17. The predicted octanol–water partition coefficient (Wildman–Crippen LogP) is 1.95. The Bertz CT molecular complexity index is 442. The first kappa shape index (κ1) is 10.2. The molecule has 0 unspecified atom stereocenters. The second kappa shape index (κ2) is 3.66. The average Bonchev–Trinajstić information content (AvgIpc) is 2.53. The molecule has 15 heavy (non-hydrogen) atoms. The molecule has 2 rings (SSSR count). The molecule has 1 saturated heterocycles. The Morgan fingerprint density at radius 2 is 2.07 bits per heavy atom. The van der Waals surface area contributed by atoms with Crippen molar-refractivity contribution in [2.45, 2.75) is 13.3 Å². The van der Waals surface area contributed by atoms with Crippen molar-refractivity contribution in [3.8, 4) is 0 Å². The van der Waals surface area contributed by atoms with Gasteiger partial charge in [0.1, 0.15) is 0 Å². The van der Waals surface area contributed by atoms with E-state index in [1.807, 2.05) is 19.1 Å². The van der Waals surface area contributed by atoms with E-state index in [-0.39, 0.29) is 12.2 Å². The Hall–Kier alpha value is -1.35. The van der Waals surface area contributed by atoms with Crippen molar-refractivity contribution < 1.29 is 9.59 Å². The summed E-state index contributed by atoms with van der Waals surface area (Å²) in [6.45, 7) is 2.30. The van der Waals surface area contributed by atoms with Crippen LogP contribution in [0, 0.1) is 6.92 Å². The molecule has 1 amide bonds. The monoisotopic (exact) mass is 223 g/mol. The molecule has 1 aliphatic heterocycles. The summed E-state index contributed by atoms with van der Waals surface area (Å²) in [7, 11) is 0. The second-order valence-electron chi connectivity index (χ2n) is 3.54. The van der Waals surface area contributed by atoms with Gasteiger partial charge in [-0.25, -0.2) is 0 Å². The number of amides is 1. The molecule has 4 heteroatoms. The second-order valence-corrected chi connectivity index (χ2v) is 3.92. The van der Waals surface area contributed by atoms with Gasteiger partial charge in [-0.05, 0) is 18.6 Å². The van der Waals surface area contributed by atoms with E-state index in [4.69, 9.17) is 11.6 Å². The fraction of sp³-hybridized carbons (Fsp3) is 0.273. The molecule has 3 nitrogen and oxygen atoms in total. The van der Waals surface area contributed by atoms with Crippen LogP contribution in [0.3, 0.4) is 0 Å². The van der Waals surface area contributed by atoms with Gasteiger partial charge in [-0.1, -0.05) is 23.7 Å². The molecule has 0 N–H and O–H groups in total. The van der Waals surface area contributed by atoms with Crippen LogP contribution in [-0.4, -0.2) is 18.2 Å².